The highest BCUT2D eigenvalue weighted by molar-refractivity contribution is 9.10. The molecule has 1 aromatic rings. The fourth-order valence-corrected chi connectivity index (χ4v) is 1.87. The lowest BCUT2D eigenvalue weighted by Gasteiger charge is -2.10. The van der Waals surface area contributed by atoms with Crippen molar-refractivity contribution in [3.05, 3.63) is 16.5 Å². The molecule has 0 aromatic carbocycles. The Hall–Kier alpha value is -1.21. The molecule has 0 aliphatic carbocycles. The second-order valence-electron chi connectivity index (χ2n) is 4.61. The third kappa shape index (κ3) is 6.29. The first-order chi connectivity index (χ1) is 9.52. The van der Waals surface area contributed by atoms with E-state index in [1.807, 2.05) is 13.8 Å². The molecule has 0 saturated heterocycles. The molecule has 1 heterocycles. The molecule has 1 amide bonds. The van der Waals surface area contributed by atoms with Crippen LogP contribution in [0.2, 0.25) is 0 Å². The Morgan fingerprint density at radius 3 is 2.80 bits per heavy atom. The first kappa shape index (κ1) is 16.8. The summed E-state index contributed by atoms with van der Waals surface area (Å²) in [6.45, 7) is 5.66. The standard InChI is InChI=1S/C13H21BrN4O2/c1-9(2)13-17-10(14)8-11(18-13)15-5-4-12(19)16-6-7-20-3/h8-9H,4-7H2,1-3H3,(H,16,19)(H,15,17,18). The zero-order valence-electron chi connectivity index (χ0n) is 12.1. The Labute approximate surface area is 127 Å². The SMILES string of the molecule is COCCNC(=O)CCNc1cc(Br)nc(C(C)C)n1. The highest BCUT2D eigenvalue weighted by Crippen LogP contribution is 2.17. The molecule has 0 atom stereocenters. The zero-order valence-corrected chi connectivity index (χ0v) is 13.7. The van der Waals surface area contributed by atoms with Gasteiger partial charge in [-0.15, -0.1) is 0 Å². The van der Waals surface area contributed by atoms with Crippen LogP contribution in [0.5, 0.6) is 0 Å². The first-order valence-corrected chi connectivity index (χ1v) is 7.36. The van der Waals surface area contributed by atoms with Crippen LogP contribution in [0.15, 0.2) is 10.7 Å². The normalized spacial score (nSPS) is 10.7. The van der Waals surface area contributed by atoms with Crippen molar-refractivity contribution in [3.8, 4) is 0 Å². The summed E-state index contributed by atoms with van der Waals surface area (Å²) in [5.74, 6) is 1.74. The summed E-state index contributed by atoms with van der Waals surface area (Å²) in [5, 5.41) is 5.89. The van der Waals surface area contributed by atoms with Crippen molar-refractivity contribution in [2.24, 2.45) is 0 Å². The van der Waals surface area contributed by atoms with E-state index < -0.39 is 0 Å². The first-order valence-electron chi connectivity index (χ1n) is 6.57. The molecule has 0 aliphatic rings. The molecular formula is C13H21BrN4O2. The van der Waals surface area contributed by atoms with Gasteiger partial charge in [0.1, 0.15) is 16.2 Å². The molecule has 20 heavy (non-hydrogen) atoms. The van der Waals surface area contributed by atoms with Crippen LogP contribution < -0.4 is 10.6 Å². The number of ether oxygens (including phenoxy) is 1. The molecule has 1 aromatic heterocycles. The van der Waals surface area contributed by atoms with Gasteiger partial charge in [0.15, 0.2) is 0 Å². The summed E-state index contributed by atoms with van der Waals surface area (Å²) < 4.78 is 5.60. The van der Waals surface area contributed by atoms with Crippen LogP contribution in [-0.4, -0.2) is 42.7 Å². The van der Waals surface area contributed by atoms with E-state index in [1.165, 1.54) is 0 Å². The van der Waals surface area contributed by atoms with Gasteiger partial charge in [-0.3, -0.25) is 4.79 Å². The number of nitrogens with one attached hydrogen (secondary N) is 2. The Morgan fingerprint density at radius 2 is 2.15 bits per heavy atom. The fraction of sp³-hybridized carbons (Fsp3) is 0.615. The fourth-order valence-electron chi connectivity index (χ4n) is 1.47. The van der Waals surface area contributed by atoms with Gasteiger partial charge in [0.05, 0.1) is 6.61 Å². The zero-order chi connectivity index (χ0) is 15.0. The van der Waals surface area contributed by atoms with E-state index in [-0.39, 0.29) is 11.8 Å². The Bertz CT molecular complexity index is 440. The van der Waals surface area contributed by atoms with Gasteiger partial charge in [0, 0.05) is 38.6 Å². The van der Waals surface area contributed by atoms with E-state index in [0.717, 1.165) is 16.2 Å². The number of hydrogen-bond donors (Lipinski definition) is 2. The molecule has 6 nitrogen and oxygen atoms in total. The van der Waals surface area contributed by atoms with Gasteiger partial charge >= 0.3 is 0 Å². The summed E-state index contributed by atoms with van der Waals surface area (Å²) in [7, 11) is 1.60. The number of anilines is 1. The predicted octanol–water partition coefficient (Wildman–Crippen LogP) is 1.93. The Morgan fingerprint density at radius 1 is 1.40 bits per heavy atom. The summed E-state index contributed by atoms with van der Waals surface area (Å²) in [4.78, 5) is 20.2. The molecule has 112 valence electrons. The van der Waals surface area contributed by atoms with Crippen molar-refractivity contribution in [1.82, 2.24) is 15.3 Å². The van der Waals surface area contributed by atoms with Crippen molar-refractivity contribution in [2.45, 2.75) is 26.2 Å². The van der Waals surface area contributed by atoms with E-state index in [9.17, 15) is 4.79 Å². The van der Waals surface area contributed by atoms with Gasteiger partial charge in [-0.1, -0.05) is 13.8 Å². The van der Waals surface area contributed by atoms with E-state index in [0.29, 0.717) is 26.1 Å². The second kappa shape index (κ2) is 8.86. The minimum Gasteiger partial charge on any atom is -0.383 e. The van der Waals surface area contributed by atoms with Crippen LogP contribution in [0.3, 0.4) is 0 Å². The average molecular weight is 345 g/mol. The number of hydrogen-bond acceptors (Lipinski definition) is 5. The lowest BCUT2D eigenvalue weighted by molar-refractivity contribution is -0.121. The van der Waals surface area contributed by atoms with Crippen molar-refractivity contribution in [3.63, 3.8) is 0 Å². The molecule has 0 aliphatic heterocycles. The second-order valence-corrected chi connectivity index (χ2v) is 5.42. The van der Waals surface area contributed by atoms with Gasteiger partial charge in [0.2, 0.25) is 5.91 Å². The minimum absolute atomic E-state index is 0.00763. The lowest BCUT2D eigenvalue weighted by atomic mass is 10.2. The molecule has 0 unspecified atom stereocenters. The Kier molecular flexibility index (Phi) is 7.46. The van der Waals surface area contributed by atoms with Gasteiger partial charge < -0.3 is 15.4 Å². The van der Waals surface area contributed by atoms with Crippen LogP contribution >= 0.6 is 15.9 Å². The third-order valence-corrected chi connectivity index (χ3v) is 2.92. The van der Waals surface area contributed by atoms with E-state index in [2.05, 4.69) is 36.5 Å². The van der Waals surface area contributed by atoms with Crippen LogP contribution in [-0.2, 0) is 9.53 Å². The van der Waals surface area contributed by atoms with Crippen molar-refractivity contribution in [1.29, 1.82) is 0 Å². The molecule has 0 radical (unpaired) electrons. The number of carbonyl (C=O) groups excluding carboxylic acids is 1. The number of aromatic nitrogens is 2. The maximum absolute atomic E-state index is 11.5. The number of carbonyl (C=O) groups is 1. The summed E-state index contributed by atoms with van der Waals surface area (Å²) in [6.07, 6.45) is 0.391. The van der Waals surface area contributed by atoms with Crippen LogP contribution in [0.1, 0.15) is 32.0 Å². The smallest absolute Gasteiger partial charge is 0.221 e. The van der Waals surface area contributed by atoms with Crippen molar-refractivity contribution >= 4 is 27.7 Å². The molecular weight excluding hydrogens is 324 g/mol. The maximum Gasteiger partial charge on any atom is 0.221 e. The number of halogens is 1. The number of rotatable bonds is 8. The van der Waals surface area contributed by atoms with E-state index in [4.69, 9.17) is 4.74 Å². The van der Waals surface area contributed by atoms with Crippen molar-refractivity contribution in [2.75, 3.05) is 32.1 Å². The van der Waals surface area contributed by atoms with Gasteiger partial charge in [-0.05, 0) is 15.9 Å². The molecule has 2 N–H and O–H groups in total. The molecule has 7 heteroatoms. The monoisotopic (exact) mass is 344 g/mol. The van der Waals surface area contributed by atoms with Crippen molar-refractivity contribution < 1.29 is 9.53 Å². The maximum atomic E-state index is 11.5. The van der Waals surface area contributed by atoms with Gasteiger partial charge in [0.25, 0.3) is 0 Å². The largest absolute Gasteiger partial charge is 0.383 e. The van der Waals surface area contributed by atoms with Crippen LogP contribution in [0.4, 0.5) is 5.82 Å². The molecule has 0 saturated carbocycles. The highest BCUT2D eigenvalue weighted by Gasteiger charge is 2.07. The molecule has 0 bridgehead atoms. The van der Waals surface area contributed by atoms with E-state index >= 15 is 0 Å². The lowest BCUT2D eigenvalue weighted by Crippen LogP contribution is -2.28. The van der Waals surface area contributed by atoms with Gasteiger partial charge in [-0.2, -0.15) is 0 Å². The molecule has 1 rings (SSSR count). The average Bonchev–Trinajstić information content (AvgIpc) is 2.38. The summed E-state index contributed by atoms with van der Waals surface area (Å²) in [6, 6.07) is 1.80. The van der Waals surface area contributed by atoms with E-state index in [1.54, 1.807) is 13.2 Å². The topological polar surface area (TPSA) is 76.1 Å². The predicted molar refractivity (Wildman–Crippen MR) is 81.8 cm³/mol. The highest BCUT2D eigenvalue weighted by atomic mass is 79.9. The number of methoxy groups -OCH3 is 1. The minimum atomic E-state index is -0.00763. The Balaban J connectivity index is 2.40. The van der Waals surface area contributed by atoms with Gasteiger partial charge in [-0.25, -0.2) is 9.97 Å². The summed E-state index contributed by atoms with van der Waals surface area (Å²) in [5.41, 5.74) is 0. The number of nitrogens with zero attached hydrogens (tertiary/aromatic N) is 2. The quantitative estimate of drug-likeness (QED) is 0.556. The summed E-state index contributed by atoms with van der Waals surface area (Å²) >= 11 is 3.36. The number of amides is 1. The van der Waals surface area contributed by atoms with Crippen LogP contribution in [0, 0.1) is 0 Å². The molecule has 0 spiro atoms. The molecule has 0 fully saturated rings. The van der Waals surface area contributed by atoms with Crippen LogP contribution in [0.25, 0.3) is 0 Å². The third-order valence-electron chi connectivity index (χ3n) is 2.52.